The number of sulfonamides is 1. The molecule has 1 fully saturated rings. The first-order valence-corrected chi connectivity index (χ1v) is 9.82. The Kier molecular flexibility index (Phi) is 5.53. The Morgan fingerprint density at radius 2 is 1.92 bits per heavy atom. The molecule has 0 unspecified atom stereocenters. The highest BCUT2D eigenvalue weighted by Crippen LogP contribution is 2.18. The monoisotopic (exact) mass is 377 g/mol. The average Bonchev–Trinajstić information content (AvgIpc) is 2.64. The highest BCUT2D eigenvalue weighted by molar-refractivity contribution is 7.92. The molecule has 26 heavy (non-hydrogen) atoms. The molecule has 0 spiro atoms. The quantitative estimate of drug-likeness (QED) is 0.745. The number of piperidine rings is 1. The van der Waals surface area contributed by atoms with Crippen molar-refractivity contribution in [3.8, 4) is 0 Å². The molecule has 3 rings (SSSR count). The lowest BCUT2D eigenvalue weighted by Gasteiger charge is -2.23. The maximum atomic E-state index is 13.0. The zero-order chi connectivity index (χ0) is 18.6. The highest BCUT2D eigenvalue weighted by atomic mass is 32.2. The molecule has 0 bridgehead atoms. The SMILES string of the molecule is O=C(N[C@H]1CCCNC1)c1cccc(S(=O)(=O)Nc2ccc(F)cc2)c1. The summed E-state index contributed by atoms with van der Waals surface area (Å²) < 4.78 is 40.3. The lowest BCUT2D eigenvalue weighted by Crippen LogP contribution is -2.45. The van der Waals surface area contributed by atoms with Crippen molar-refractivity contribution in [2.75, 3.05) is 17.8 Å². The second-order valence-corrected chi connectivity index (χ2v) is 7.84. The van der Waals surface area contributed by atoms with Gasteiger partial charge in [-0.25, -0.2) is 12.8 Å². The van der Waals surface area contributed by atoms with Crippen LogP contribution in [0.4, 0.5) is 10.1 Å². The van der Waals surface area contributed by atoms with E-state index >= 15 is 0 Å². The van der Waals surface area contributed by atoms with Crippen LogP contribution in [-0.2, 0) is 10.0 Å². The number of hydrogen-bond acceptors (Lipinski definition) is 4. The maximum absolute atomic E-state index is 13.0. The summed E-state index contributed by atoms with van der Waals surface area (Å²) in [5.41, 5.74) is 0.520. The standard InChI is InChI=1S/C18H20FN3O3S/c19-14-6-8-15(9-7-14)22-26(24,25)17-5-1-3-13(11-17)18(23)21-16-4-2-10-20-12-16/h1,3,5-9,11,16,20,22H,2,4,10,12H2,(H,21,23)/t16-/m0/s1. The van der Waals surface area contributed by atoms with Crippen molar-refractivity contribution in [1.29, 1.82) is 0 Å². The van der Waals surface area contributed by atoms with E-state index < -0.39 is 15.8 Å². The number of amides is 1. The summed E-state index contributed by atoms with van der Waals surface area (Å²) in [5.74, 6) is -0.763. The van der Waals surface area contributed by atoms with Gasteiger partial charge in [0.2, 0.25) is 0 Å². The predicted molar refractivity (Wildman–Crippen MR) is 97.0 cm³/mol. The largest absolute Gasteiger partial charge is 0.348 e. The molecule has 1 aliphatic heterocycles. The average molecular weight is 377 g/mol. The number of hydrogen-bond donors (Lipinski definition) is 3. The van der Waals surface area contributed by atoms with Gasteiger partial charge in [-0.3, -0.25) is 9.52 Å². The Labute approximate surface area is 151 Å². The van der Waals surface area contributed by atoms with Gasteiger partial charge >= 0.3 is 0 Å². The molecule has 0 aliphatic carbocycles. The van der Waals surface area contributed by atoms with Crippen molar-refractivity contribution in [2.24, 2.45) is 0 Å². The summed E-state index contributed by atoms with van der Waals surface area (Å²) >= 11 is 0. The van der Waals surface area contributed by atoms with E-state index in [0.29, 0.717) is 6.54 Å². The van der Waals surface area contributed by atoms with Gasteiger partial charge in [-0.1, -0.05) is 6.07 Å². The molecule has 6 nitrogen and oxygen atoms in total. The summed E-state index contributed by atoms with van der Waals surface area (Å²) in [5, 5.41) is 6.12. The van der Waals surface area contributed by atoms with Gasteiger partial charge in [0.15, 0.2) is 0 Å². The van der Waals surface area contributed by atoms with Crippen molar-refractivity contribution in [2.45, 2.75) is 23.8 Å². The maximum Gasteiger partial charge on any atom is 0.261 e. The number of halogens is 1. The molecule has 8 heteroatoms. The Morgan fingerprint density at radius 3 is 2.62 bits per heavy atom. The molecule has 2 aromatic carbocycles. The fourth-order valence-corrected chi connectivity index (χ4v) is 3.88. The zero-order valence-corrected chi connectivity index (χ0v) is 14.9. The number of benzene rings is 2. The van der Waals surface area contributed by atoms with Gasteiger partial charge in [0, 0.05) is 23.8 Å². The van der Waals surface area contributed by atoms with E-state index in [1.54, 1.807) is 6.07 Å². The topological polar surface area (TPSA) is 87.3 Å². The molecule has 2 aromatic rings. The van der Waals surface area contributed by atoms with Crippen LogP contribution < -0.4 is 15.4 Å². The van der Waals surface area contributed by atoms with Gasteiger partial charge in [0.25, 0.3) is 15.9 Å². The van der Waals surface area contributed by atoms with Gasteiger partial charge in [-0.05, 0) is 61.9 Å². The number of nitrogens with one attached hydrogen (secondary N) is 3. The summed E-state index contributed by atoms with van der Waals surface area (Å²) in [6.45, 7) is 1.64. The molecule has 138 valence electrons. The first kappa shape index (κ1) is 18.3. The predicted octanol–water partition coefficient (Wildman–Crippen LogP) is 2.11. The van der Waals surface area contributed by atoms with Crippen molar-refractivity contribution in [1.82, 2.24) is 10.6 Å². The summed E-state index contributed by atoms with van der Waals surface area (Å²) in [6, 6.07) is 10.9. The molecule has 0 aromatic heterocycles. The molecule has 3 N–H and O–H groups in total. The molecule has 1 atom stereocenters. The Bertz CT molecular complexity index is 879. The van der Waals surface area contributed by atoms with Gasteiger partial charge in [-0.2, -0.15) is 0 Å². The molecular formula is C18H20FN3O3S. The van der Waals surface area contributed by atoms with E-state index in [0.717, 1.165) is 19.4 Å². The van der Waals surface area contributed by atoms with Gasteiger partial charge < -0.3 is 10.6 Å². The number of carbonyl (C=O) groups excluding carboxylic acids is 1. The van der Waals surface area contributed by atoms with E-state index in [2.05, 4.69) is 15.4 Å². The van der Waals surface area contributed by atoms with E-state index in [-0.39, 0.29) is 28.1 Å². The molecule has 1 aliphatic rings. The molecule has 1 heterocycles. The van der Waals surface area contributed by atoms with Crippen molar-refractivity contribution < 1.29 is 17.6 Å². The summed E-state index contributed by atoms with van der Waals surface area (Å²) in [7, 11) is -3.88. The van der Waals surface area contributed by atoms with Crippen LogP contribution in [0.2, 0.25) is 0 Å². The van der Waals surface area contributed by atoms with Crippen LogP contribution in [0.15, 0.2) is 53.4 Å². The smallest absolute Gasteiger partial charge is 0.261 e. The molecule has 1 saturated heterocycles. The van der Waals surface area contributed by atoms with E-state index in [9.17, 15) is 17.6 Å². The van der Waals surface area contributed by atoms with E-state index in [1.807, 2.05) is 0 Å². The molecule has 1 amide bonds. The number of anilines is 1. The van der Waals surface area contributed by atoms with Crippen LogP contribution >= 0.6 is 0 Å². The number of rotatable bonds is 5. The zero-order valence-electron chi connectivity index (χ0n) is 14.0. The Hall–Kier alpha value is -2.45. The van der Waals surface area contributed by atoms with Crippen molar-refractivity contribution >= 4 is 21.6 Å². The van der Waals surface area contributed by atoms with Crippen LogP contribution in [0.1, 0.15) is 23.2 Å². The second-order valence-electron chi connectivity index (χ2n) is 6.16. The Balaban J connectivity index is 1.74. The first-order valence-electron chi connectivity index (χ1n) is 8.34. The number of carbonyl (C=O) groups is 1. The minimum absolute atomic E-state index is 0.0313. The van der Waals surface area contributed by atoms with Crippen LogP contribution in [0, 0.1) is 5.82 Å². The minimum Gasteiger partial charge on any atom is -0.348 e. The van der Waals surface area contributed by atoms with E-state index in [1.165, 1.54) is 42.5 Å². The normalized spacial score (nSPS) is 17.5. The van der Waals surface area contributed by atoms with Gasteiger partial charge in [0.1, 0.15) is 5.82 Å². The third-order valence-corrected chi connectivity index (χ3v) is 5.51. The van der Waals surface area contributed by atoms with Gasteiger partial charge in [-0.15, -0.1) is 0 Å². The van der Waals surface area contributed by atoms with Gasteiger partial charge in [0.05, 0.1) is 4.90 Å². The third kappa shape index (κ3) is 4.59. The molecule has 0 saturated carbocycles. The highest BCUT2D eigenvalue weighted by Gasteiger charge is 2.19. The van der Waals surface area contributed by atoms with Crippen LogP contribution in [-0.4, -0.2) is 33.5 Å². The first-order chi connectivity index (χ1) is 12.4. The van der Waals surface area contributed by atoms with Crippen LogP contribution in [0.5, 0.6) is 0 Å². The summed E-state index contributed by atoms with van der Waals surface area (Å²) in [4.78, 5) is 12.4. The van der Waals surface area contributed by atoms with E-state index in [4.69, 9.17) is 0 Å². The fourth-order valence-electron chi connectivity index (χ4n) is 2.78. The lowest BCUT2D eigenvalue weighted by molar-refractivity contribution is 0.0930. The second kappa shape index (κ2) is 7.84. The third-order valence-electron chi connectivity index (χ3n) is 4.14. The Morgan fingerprint density at radius 1 is 1.15 bits per heavy atom. The van der Waals surface area contributed by atoms with Crippen LogP contribution in [0.3, 0.4) is 0 Å². The lowest BCUT2D eigenvalue weighted by atomic mass is 10.1. The van der Waals surface area contributed by atoms with Crippen LogP contribution in [0.25, 0.3) is 0 Å². The molecular weight excluding hydrogens is 357 g/mol. The fraction of sp³-hybridized carbons (Fsp3) is 0.278. The summed E-state index contributed by atoms with van der Waals surface area (Å²) in [6.07, 6.45) is 1.88. The van der Waals surface area contributed by atoms with Crippen molar-refractivity contribution in [3.05, 3.63) is 59.9 Å². The molecule has 0 radical (unpaired) electrons. The minimum atomic E-state index is -3.88. The van der Waals surface area contributed by atoms with Crippen molar-refractivity contribution in [3.63, 3.8) is 0 Å².